The fourth-order valence-corrected chi connectivity index (χ4v) is 19.7. The van der Waals surface area contributed by atoms with Crippen molar-refractivity contribution in [3.63, 3.8) is 0 Å². The number of rotatable bonds is 13. The second-order valence-electron chi connectivity index (χ2n) is 34.3. The molecule has 126 heavy (non-hydrogen) atoms. The lowest BCUT2D eigenvalue weighted by atomic mass is 9.81. The molecule has 20 aromatic carbocycles. The SMILES string of the molecule is C.C.CC1(C)c2cc(-c3ccc4ccccc4c3)ccc2-c2ccc(N(c3ccc(-c4ccc(-c5ccccc5)cc4)cc3)c3ccc(-c4cccc5c4oc4ccccc45)cc3)cc21.CC1(C)c2cc(-c3ccc4ccccc4c3)ccc2-c2ccc(N(c3ccc(-c4ccc5ccccc5c4)cc3)c3ccc(-c4cccc5c4oc4ccccc45)cc3)cc21. The fourth-order valence-electron chi connectivity index (χ4n) is 19.7. The Balaban J connectivity index is 0.000000151. The molecule has 0 unspecified atom stereocenters. The van der Waals surface area contributed by atoms with Crippen molar-refractivity contribution in [2.45, 2.75) is 53.4 Å². The quantitative estimate of drug-likeness (QED) is 0.115. The number of furan rings is 2. The molecule has 602 valence electrons. The third-order valence-electron chi connectivity index (χ3n) is 26.3. The summed E-state index contributed by atoms with van der Waals surface area (Å²) >= 11 is 0. The molecule has 0 fully saturated rings. The van der Waals surface area contributed by atoms with Gasteiger partial charge in [-0.05, 0) is 259 Å². The van der Waals surface area contributed by atoms with Gasteiger partial charge in [0, 0.05) is 77.6 Å². The van der Waals surface area contributed by atoms with E-state index in [1.807, 2.05) is 24.3 Å². The first-order valence-corrected chi connectivity index (χ1v) is 43.0. The van der Waals surface area contributed by atoms with Crippen LogP contribution in [0.1, 0.15) is 64.8 Å². The van der Waals surface area contributed by atoms with Crippen molar-refractivity contribution < 1.29 is 8.83 Å². The number of hydrogen-bond acceptors (Lipinski definition) is 4. The summed E-state index contributed by atoms with van der Waals surface area (Å²) in [5.74, 6) is 0. The van der Waals surface area contributed by atoms with E-state index in [0.717, 1.165) is 100 Å². The van der Waals surface area contributed by atoms with Gasteiger partial charge < -0.3 is 18.6 Å². The number of anilines is 6. The fraction of sp³-hybridized carbons (Fsp3) is 0.0656. The highest BCUT2D eigenvalue weighted by Gasteiger charge is 2.39. The zero-order chi connectivity index (χ0) is 82.7. The van der Waals surface area contributed by atoms with Crippen LogP contribution in [0.5, 0.6) is 0 Å². The summed E-state index contributed by atoms with van der Waals surface area (Å²) < 4.78 is 12.9. The second kappa shape index (κ2) is 31.4. The maximum Gasteiger partial charge on any atom is 0.143 e. The van der Waals surface area contributed by atoms with Crippen LogP contribution in [0.2, 0.25) is 0 Å². The molecule has 2 aromatic heterocycles. The van der Waals surface area contributed by atoms with Crippen molar-refractivity contribution >= 4 is 110 Å². The normalized spacial score (nSPS) is 12.6. The van der Waals surface area contributed by atoms with E-state index in [2.05, 4.69) is 450 Å². The van der Waals surface area contributed by atoms with Gasteiger partial charge in [-0.25, -0.2) is 0 Å². The van der Waals surface area contributed by atoms with Gasteiger partial charge in [-0.3, -0.25) is 0 Å². The van der Waals surface area contributed by atoms with Crippen molar-refractivity contribution in [3.05, 3.63) is 459 Å². The highest BCUT2D eigenvalue weighted by atomic mass is 16.3. The van der Waals surface area contributed by atoms with Gasteiger partial charge in [0.15, 0.2) is 0 Å². The Hall–Kier alpha value is -15.6. The molecule has 2 aliphatic carbocycles. The average Bonchev–Trinajstić information content (AvgIpc) is 1.57. The molecular weight excluding hydrogens is 1530 g/mol. The largest absolute Gasteiger partial charge is 0.455 e. The molecule has 2 aliphatic rings. The number of fused-ring (bicyclic) bond motifs is 15. The van der Waals surface area contributed by atoms with Crippen molar-refractivity contribution in [2.75, 3.05) is 9.80 Å². The predicted molar refractivity (Wildman–Crippen MR) is 536 cm³/mol. The summed E-state index contributed by atoms with van der Waals surface area (Å²) in [4.78, 5) is 4.79. The first-order chi connectivity index (χ1) is 60.9. The molecule has 0 N–H and O–H groups in total. The minimum absolute atomic E-state index is 0. The molecule has 0 aliphatic heterocycles. The number of nitrogens with zero attached hydrogens (tertiary/aromatic N) is 2. The van der Waals surface area contributed by atoms with Gasteiger partial charge in [0.05, 0.1) is 0 Å². The Morgan fingerprint density at radius 2 is 0.429 bits per heavy atom. The molecule has 0 atom stereocenters. The summed E-state index contributed by atoms with van der Waals surface area (Å²) in [7, 11) is 0. The maximum atomic E-state index is 6.46. The lowest BCUT2D eigenvalue weighted by Gasteiger charge is -2.28. The molecule has 24 rings (SSSR count). The van der Waals surface area contributed by atoms with E-state index < -0.39 is 0 Å². The van der Waals surface area contributed by atoms with E-state index in [1.165, 1.54) is 132 Å². The minimum atomic E-state index is -0.204. The van der Waals surface area contributed by atoms with Crippen LogP contribution < -0.4 is 9.80 Å². The molecule has 4 heteroatoms. The van der Waals surface area contributed by atoms with Crippen molar-refractivity contribution in [3.8, 4) is 100 Å². The monoisotopic (exact) mass is 1620 g/mol. The molecule has 2 heterocycles. The van der Waals surface area contributed by atoms with E-state index >= 15 is 0 Å². The van der Waals surface area contributed by atoms with Crippen LogP contribution in [0.3, 0.4) is 0 Å². The Morgan fingerprint density at radius 3 is 0.810 bits per heavy atom. The van der Waals surface area contributed by atoms with Crippen LogP contribution in [0.15, 0.2) is 446 Å². The van der Waals surface area contributed by atoms with Crippen LogP contribution in [0.4, 0.5) is 34.1 Å². The number of hydrogen-bond donors (Lipinski definition) is 0. The highest BCUT2D eigenvalue weighted by molar-refractivity contribution is 6.11. The molecule has 22 aromatic rings. The van der Waals surface area contributed by atoms with E-state index in [4.69, 9.17) is 8.83 Å². The van der Waals surface area contributed by atoms with Gasteiger partial charge in [-0.15, -0.1) is 0 Å². The van der Waals surface area contributed by atoms with Gasteiger partial charge in [-0.2, -0.15) is 0 Å². The van der Waals surface area contributed by atoms with E-state index in [0.29, 0.717) is 0 Å². The number of para-hydroxylation sites is 4. The molecule has 0 saturated carbocycles. The molecule has 0 saturated heterocycles. The van der Waals surface area contributed by atoms with Gasteiger partial charge >= 0.3 is 0 Å². The summed E-state index contributed by atoms with van der Waals surface area (Å²) in [5.41, 5.74) is 37.1. The lowest BCUT2D eigenvalue weighted by molar-refractivity contribution is 0.660. The van der Waals surface area contributed by atoms with Crippen LogP contribution in [0, 0.1) is 0 Å². The van der Waals surface area contributed by atoms with Crippen molar-refractivity contribution in [1.82, 2.24) is 0 Å². The van der Waals surface area contributed by atoms with Crippen molar-refractivity contribution in [2.24, 2.45) is 0 Å². The third kappa shape index (κ3) is 13.5. The third-order valence-corrected chi connectivity index (χ3v) is 26.3. The molecule has 0 radical (unpaired) electrons. The Labute approximate surface area is 736 Å². The minimum Gasteiger partial charge on any atom is -0.455 e. The standard InChI is InChI=1S/C61H43NO.C59H41NO.2CH4/c1-61(2)57-38-48(47-24-23-41-13-6-7-14-46(41)37-47)29-35-53(57)54-36-34-51(39-58(54)61)62(49-30-25-44(26-31-49)43-21-19-42(20-22-43)40-11-4-3-5-12-40)50-32-27-45(28-33-50)52-16-10-17-56-55-15-8-9-18-59(55)63-60(52)56;1-59(2)55-36-46(45-21-19-39-11-4-6-13-43(39)35-45)26-32-51(55)52-33-31-49(37-56(52)59)60(47-27-22-40(23-28-47)44-20-18-38-10-3-5-12-42(38)34-44)48-29-24-41(25-30-48)50-15-9-16-54-53-14-7-8-17-57(53)61-58(50)54;;/h3-39H,1-2H3;3-37H,1-2H3;2*1H4. The van der Waals surface area contributed by atoms with Gasteiger partial charge in [0.2, 0.25) is 0 Å². The van der Waals surface area contributed by atoms with Gasteiger partial charge in [-0.1, -0.05) is 364 Å². The first-order valence-electron chi connectivity index (χ1n) is 43.0. The Bertz CT molecular complexity index is 7950. The zero-order valence-electron chi connectivity index (χ0n) is 69.3. The molecule has 0 bridgehead atoms. The zero-order valence-corrected chi connectivity index (χ0v) is 69.3. The summed E-state index contributed by atoms with van der Waals surface area (Å²) in [6, 6.07) is 159. The van der Waals surface area contributed by atoms with Crippen LogP contribution in [-0.4, -0.2) is 0 Å². The second-order valence-corrected chi connectivity index (χ2v) is 34.3. The molecule has 0 amide bonds. The topological polar surface area (TPSA) is 32.8 Å². The van der Waals surface area contributed by atoms with E-state index in [-0.39, 0.29) is 25.7 Å². The van der Waals surface area contributed by atoms with Gasteiger partial charge in [0.25, 0.3) is 0 Å². The maximum absolute atomic E-state index is 6.46. The average molecular weight is 1620 g/mol. The molecular formula is C122H92N2O2. The predicted octanol–water partition coefficient (Wildman–Crippen LogP) is 35.1. The van der Waals surface area contributed by atoms with Gasteiger partial charge in [0.1, 0.15) is 22.3 Å². The van der Waals surface area contributed by atoms with Crippen LogP contribution >= 0.6 is 0 Å². The first kappa shape index (κ1) is 77.7. The van der Waals surface area contributed by atoms with Crippen LogP contribution in [-0.2, 0) is 10.8 Å². The summed E-state index contributed by atoms with van der Waals surface area (Å²) in [5, 5.41) is 12.1. The number of benzene rings is 20. The smallest absolute Gasteiger partial charge is 0.143 e. The Kier molecular flexibility index (Phi) is 19.3. The van der Waals surface area contributed by atoms with E-state index in [1.54, 1.807) is 0 Å². The molecule has 4 nitrogen and oxygen atoms in total. The van der Waals surface area contributed by atoms with Crippen molar-refractivity contribution in [1.29, 1.82) is 0 Å². The highest BCUT2D eigenvalue weighted by Crippen LogP contribution is 2.55. The molecule has 0 spiro atoms. The summed E-state index contributed by atoms with van der Waals surface area (Å²) in [6.07, 6.45) is 0. The van der Waals surface area contributed by atoms with Crippen LogP contribution in [0.25, 0.3) is 176 Å². The van der Waals surface area contributed by atoms with E-state index in [9.17, 15) is 0 Å². The Morgan fingerprint density at radius 1 is 0.175 bits per heavy atom. The summed E-state index contributed by atoms with van der Waals surface area (Å²) in [6.45, 7) is 9.51. The lowest BCUT2D eigenvalue weighted by Crippen LogP contribution is -2.16.